The lowest BCUT2D eigenvalue weighted by molar-refractivity contribution is -0.141. The van der Waals surface area contributed by atoms with Gasteiger partial charge in [0.25, 0.3) is 0 Å². The summed E-state index contributed by atoms with van der Waals surface area (Å²) in [4.78, 5) is 100.0. The quantitative estimate of drug-likeness (QED) is 0.0347. The first-order valence-corrected chi connectivity index (χ1v) is 23.6. The molecule has 0 radical (unpaired) electrons. The molecular weight excluding hydrogens is 1010 g/mol. The van der Waals surface area contributed by atoms with Crippen molar-refractivity contribution in [1.29, 1.82) is 0 Å². The molecule has 0 spiro atoms. The Labute approximate surface area is 441 Å². The first-order valence-electron chi connectivity index (χ1n) is 23.6. The minimum atomic E-state index is -1.17. The Morgan fingerprint density at radius 1 is 0.395 bits per heavy atom. The van der Waals surface area contributed by atoms with E-state index < -0.39 is 102 Å². The van der Waals surface area contributed by atoms with Crippen molar-refractivity contribution < 1.29 is 99.0 Å². The molecule has 444 valence electrons. The predicted octanol–water partition coefficient (Wildman–Crippen LogP) is -2.78. The van der Waals surface area contributed by atoms with E-state index in [2.05, 4.69) is 5.73 Å². The SMILES string of the molecule is CCC(C)C(N)C(=O)O.NC(CCC(=O)O)C(=O)O.NC(CCC(=O)O)C(=O)O.NC(Cc1ccccc1)C(=O)O.NCC(=O)O.NCCCCC(N)C(=O)O.NCCCCC(N)C(=O)O.NCCCCC(N)C(=O)O. The molecule has 8 atom stereocenters. The van der Waals surface area contributed by atoms with Crippen molar-refractivity contribution in [2.24, 2.45) is 69.0 Å². The third-order valence-corrected chi connectivity index (χ3v) is 9.16. The zero-order valence-corrected chi connectivity index (χ0v) is 43.3. The van der Waals surface area contributed by atoms with E-state index in [1.54, 1.807) is 0 Å². The van der Waals surface area contributed by atoms with Crippen molar-refractivity contribution >= 4 is 59.7 Å². The largest absolute Gasteiger partial charge is 0.481 e. The topological polar surface area (TPSA) is 659 Å². The van der Waals surface area contributed by atoms with Gasteiger partial charge in [-0.3, -0.25) is 47.9 Å². The summed E-state index contributed by atoms with van der Waals surface area (Å²) < 4.78 is 0. The lowest BCUT2D eigenvalue weighted by Crippen LogP contribution is -2.36. The molecule has 31 nitrogen and oxygen atoms in total. The molecule has 8 unspecified atom stereocenters. The number of hydrogen-bond acceptors (Lipinski definition) is 21. The van der Waals surface area contributed by atoms with E-state index in [9.17, 15) is 47.9 Å². The fourth-order valence-electron chi connectivity index (χ4n) is 4.15. The zero-order chi connectivity index (χ0) is 60.9. The Hall–Kier alpha value is -6.52. The van der Waals surface area contributed by atoms with Gasteiger partial charge < -0.3 is 114 Å². The number of hydrogen-bond donors (Lipinski definition) is 21. The van der Waals surface area contributed by atoms with Gasteiger partial charge in [-0.25, -0.2) is 0 Å². The summed E-state index contributed by atoms with van der Waals surface area (Å²) >= 11 is 0. The van der Waals surface area contributed by atoms with Crippen LogP contribution in [0.2, 0.25) is 0 Å². The van der Waals surface area contributed by atoms with Gasteiger partial charge in [0.05, 0.1) is 6.54 Å². The van der Waals surface area contributed by atoms with Gasteiger partial charge in [0, 0.05) is 12.8 Å². The van der Waals surface area contributed by atoms with Crippen molar-refractivity contribution in [2.75, 3.05) is 26.2 Å². The van der Waals surface area contributed by atoms with Crippen LogP contribution >= 0.6 is 0 Å². The van der Waals surface area contributed by atoms with Crippen LogP contribution in [0, 0.1) is 5.92 Å². The van der Waals surface area contributed by atoms with Crippen LogP contribution in [0.1, 0.15) is 109 Å². The lowest BCUT2D eigenvalue weighted by atomic mass is 10.0. The molecule has 0 bridgehead atoms. The molecule has 31 heteroatoms. The Morgan fingerprint density at radius 3 is 0.842 bits per heavy atom. The standard InChI is InChI=1S/C9H11NO2.3C6H14N2O2.C6H13NO2.2C5H9NO4.C2H5NO2/c10-8(9(11)12)6-7-4-2-1-3-5-7;3*7-4-2-1-3-5(8)6(9)10;1-3-4(2)5(7)6(8)9;2*6-3(5(9)10)1-2-4(7)8;3-1-2(4)5/h1-5,8H,6,10H2,(H,11,12);3*5H,1-4,7-8H2,(H,9,10);4-5H,3,7H2,1-2H3,(H,8,9);2*3H,1-2,6H2,(H,7,8)(H,9,10);1,3H2,(H,4,5). The van der Waals surface area contributed by atoms with Gasteiger partial charge in [-0.15, -0.1) is 0 Å². The van der Waals surface area contributed by atoms with E-state index in [-0.39, 0.29) is 38.1 Å². The lowest BCUT2D eigenvalue weighted by Gasteiger charge is -2.11. The van der Waals surface area contributed by atoms with Crippen molar-refractivity contribution in [2.45, 2.75) is 152 Å². The highest BCUT2D eigenvalue weighted by molar-refractivity contribution is 5.76. The molecule has 1 rings (SSSR count). The van der Waals surface area contributed by atoms with Crippen molar-refractivity contribution in [3.8, 4) is 0 Å². The summed E-state index contributed by atoms with van der Waals surface area (Å²) in [6, 6.07) is 3.58. The monoisotopic (exact) mass is 1100 g/mol. The molecule has 76 heavy (non-hydrogen) atoms. The van der Waals surface area contributed by atoms with Crippen LogP contribution < -0.4 is 63.1 Å². The van der Waals surface area contributed by atoms with Crippen LogP contribution in [0.25, 0.3) is 0 Å². The van der Waals surface area contributed by atoms with E-state index in [0.29, 0.717) is 45.3 Å². The minimum Gasteiger partial charge on any atom is -0.481 e. The van der Waals surface area contributed by atoms with Crippen LogP contribution in [0.4, 0.5) is 0 Å². The summed E-state index contributed by atoms with van der Waals surface area (Å²) in [5.74, 6) is -9.96. The summed E-state index contributed by atoms with van der Waals surface area (Å²) in [5.41, 5.74) is 57.4. The highest BCUT2D eigenvalue weighted by atomic mass is 16.4. The number of nitrogens with two attached hydrogens (primary N) is 11. The van der Waals surface area contributed by atoms with E-state index in [1.165, 1.54) is 0 Å². The van der Waals surface area contributed by atoms with Gasteiger partial charge in [0.2, 0.25) is 0 Å². The van der Waals surface area contributed by atoms with Gasteiger partial charge >= 0.3 is 59.7 Å². The maximum atomic E-state index is 10.4. The highest BCUT2D eigenvalue weighted by Crippen LogP contribution is 2.05. The Bertz CT molecular complexity index is 1630. The molecule has 1 aromatic carbocycles. The average molecular weight is 1100 g/mol. The van der Waals surface area contributed by atoms with E-state index in [0.717, 1.165) is 50.5 Å². The summed E-state index contributed by atoms with van der Waals surface area (Å²) in [6.45, 7) is 5.29. The van der Waals surface area contributed by atoms with Gasteiger partial charge in [0.1, 0.15) is 42.3 Å². The second kappa shape index (κ2) is 56.2. The molecule has 0 amide bonds. The number of aliphatic carboxylic acids is 10. The number of benzene rings is 1. The van der Waals surface area contributed by atoms with Gasteiger partial charge in [-0.2, -0.15) is 0 Å². The van der Waals surface area contributed by atoms with Gasteiger partial charge in [-0.05, 0) is 88.9 Å². The Balaban J connectivity index is -0.000000144. The molecule has 32 N–H and O–H groups in total. The minimum absolute atomic E-state index is 0.0231. The number of carboxylic acids is 10. The fraction of sp³-hybridized carbons (Fsp3) is 0.644. The van der Waals surface area contributed by atoms with Crippen molar-refractivity contribution in [3.05, 3.63) is 35.9 Å². The molecule has 0 saturated carbocycles. The first kappa shape index (κ1) is 83.5. The predicted molar refractivity (Wildman–Crippen MR) is 278 cm³/mol. The van der Waals surface area contributed by atoms with Crippen molar-refractivity contribution in [1.82, 2.24) is 0 Å². The fourth-order valence-corrected chi connectivity index (χ4v) is 4.15. The molecule has 0 aliphatic carbocycles. The number of unbranched alkanes of at least 4 members (excludes halogenated alkanes) is 3. The molecule has 0 heterocycles. The molecular formula is C45H89N11O20. The van der Waals surface area contributed by atoms with E-state index >= 15 is 0 Å². The maximum absolute atomic E-state index is 10.4. The zero-order valence-electron chi connectivity index (χ0n) is 43.3. The summed E-state index contributed by atoms with van der Waals surface area (Å²) in [7, 11) is 0. The molecule has 0 aromatic heterocycles. The Kier molecular flexibility index (Phi) is 61.7. The van der Waals surface area contributed by atoms with Crippen LogP contribution in [0.5, 0.6) is 0 Å². The van der Waals surface area contributed by atoms with Crippen LogP contribution in [-0.2, 0) is 54.4 Å². The summed E-state index contributed by atoms with van der Waals surface area (Å²) in [5, 5.41) is 82.0. The first-order chi connectivity index (χ1) is 35.2. The van der Waals surface area contributed by atoms with Crippen LogP contribution in [-0.4, -0.2) is 179 Å². The third-order valence-electron chi connectivity index (χ3n) is 9.16. The smallest absolute Gasteiger partial charge is 0.320 e. The molecule has 0 aliphatic heterocycles. The summed E-state index contributed by atoms with van der Waals surface area (Å²) in [6.07, 6.45) is 7.24. The van der Waals surface area contributed by atoms with E-state index in [1.807, 2.05) is 44.2 Å². The van der Waals surface area contributed by atoms with Gasteiger partial charge in [-0.1, -0.05) is 69.9 Å². The number of rotatable bonds is 30. The average Bonchev–Trinajstić information content (AvgIpc) is 3.35. The Morgan fingerprint density at radius 2 is 0.658 bits per heavy atom. The molecule has 0 aliphatic rings. The molecule has 1 aromatic rings. The normalized spacial score (nSPS) is 12.9. The third kappa shape index (κ3) is 67.5. The van der Waals surface area contributed by atoms with Crippen molar-refractivity contribution in [3.63, 3.8) is 0 Å². The number of carbonyl (C=O) groups is 10. The van der Waals surface area contributed by atoms with Crippen LogP contribution in [0.3, 0.4) is 0 Å². The maximum Gasteiger partial charge on any atom is 0.320 e. The number of carboxylic acid groups (broad SMARTS) is 10. The second-order valence-corrected chi connectivity index (χ2v) is 15.9. The highest BCUT2D eigenvalue weighted by Gasteiger charge is 2.18. The molecule has 0 fully saturated rings. The molecule has 0 saturated heterocycles. The van der Waals surface area contributed by atoms with E-state index in [4.69, 9.17) is 108 Å². The second-order valence-electron chi connectivity index (χ2n) is 15.9. The van der Waals surface area contributed by atoms with Gasteiger partial charge in [0.15, 0.2) is 0 Å². The van der Waals surface area contributed by atoms with Crippen LogP contribution in [0.15, 0.2) is 30.3 Å².